The molecule has 0 aliphatic heterocycles. The van der Waals surface area contributed by atoms with Gasteiger partial charge in [0.2, 0.25) is 0 Å². The van der Waals surface area contributed by atoms with Gasteiger partial charge in [-0.1, -0.05) is 6.92 Å². The number of nitrogens with zero attached hydrogens (tertiary/aromatic N) is 3. The maximum atomic E-state index is 13.1. The first kappa shape index (κ1) is 14.5. The Morgan fingerprint density at radius 1 is 1.25 bits per heavy atom. The molecule has 1 aromatic carbocycles. The lowest BCUT2D eigenvalue weighted by atomic mass is 10.1. The van der Waals surface area contributed by atoms with Crippen LogP contribution >= 0.6 is 0 Å². The molecule has 1 aromatic heterocycles. The topological polar surface area (TPSA) is 50.9 Å². The van der Waals surface area contributed by atoms with Crippen molar-refractivity contribution in [2.75, 3.05) is 0 Å². The monoisotopic (exact) mass is 285 g/mol. The van der Waals surface area contributed by atoms with Gasteiger partial charge in [-0.3, -0.25) is 4.68 Å². The minimum absolute atomic E-state index is 0.0348. The molecule has 0 amide bonds. The van der Waals surface area contributed by atoms with Gasteiger partial charge in [-0.05, 0) is 24.1 Å². The van der Waals surface area contributed by atoms with Crippen LogP contribution in [0, 0.1) is 17.5 Å². The van der Waals surface area contributed by atoms with E-state index in [1.165, 1.54) is 6.33 Å². The standard InChI is InChI=1S/C13H14F3N3O/c1-2-3-19-12(17-7-18-19)6-11(20)8-4-9(14)13(16)10(15)5-8/h4-5,7,11,20H,2-3,6H2,1H3. The summed E-state index contributed by atoms with van der Waals surface area (Å²) in [6.45, 7) is 2.60. The molecule has 1 N–H and O–H groups in total. The van der Waals surface area contributed by atoms with Crippen LogP contribution in [-0.2, 0) is 13.0 Å². The molecule has 4 nitrogen and oxygen atoms in total. The molecule has 108 valence electrons. The van der Waals surface area contributed by atoms with Crippen LogP contribution in [-0.4, -0.2) is 19.9 Å². The molecule has 0 fully saturated rings. The Hall–Kier alpha value is -1.89. The lowest BCUT2D eigenvalue weighted by Gasteiger charge is -2.12. The molecule has 1 heterocycles. The number of aromatic nitrogens is 3. The third-order valence-corrected chi connectivity index (χ3v) is 2.90. The first-order chi connectivity index (χ1) is 9.52. The first-order valence-corrected chi connectivity index (χ1v) is 6.22. The van der Waals surface area contributed by atoms with Crippen molar-refractivity contribution in [3.05, 3.63) is 47.3 Å². The summed E-state index contributed by atoms with van der Waals surface area (Å²) in [6, 6.07) is 1.56. The number of benzene rings is 1. The smallest absolute Gasteiger partial charge is 0.194 e. The molecule has 20 heavy (non-hydrogen) atoms. The Balaban J connectivity index is 2.19. The average molecular weight is 285 g/mol. The third kappa shape index (κ3) is 2.98. The highest BCUT2D eigenvalue weighted by Crippen LogP contribution is 2.21. The van der Waals surface area contributed by atoms with Gasteiger partial charge < -0.3 is 5.11 Å². The van der Waals surface area contributed by atoms with Crippen LogP contribution in [0.2, 0.25) is 0 Å². The van der Waals surface area contributed by atoms with E-state index in [4.69, 9.17) is 0 Å². The van der Waals surface area contributed by atoms with Crippen molar-refractivity contribution < 1.29 is 18.3 Å². The maximum absolute atomic E-state index is 13.1. The Labute approximate surface area is 113 Å². The van der Waals surface area contributed by atoms with E-state index in [2.05, 4.69) is 10.1 Å². The number of rotatable bonds is 5. The maximum Gasteiger partial charge on any atom is 0.194 e. The summed E-state index contributed by atoms with van der Waals surface area (Å²) in [5.41, 5.74) is -0.0348. The second-order valence-corrected chi connectivity index (χ2v) is 4.42. The predicted molar refractivity (Wildman–Crippen MR) is 65.3 cm³/mol. The Bertz CT molecular complexity index is 577. The average Bonchev–Trinajstić information content (AvgIpc) is 2.83. The van der Waals surface area contributed by atoms with Crippen LogP contribution < -0.4 is 0 Å². The van der Waals surface area contributed by atoms with E-state index in [-0.39, 0.29) is 12.0 Å². The van der Waals surface area contributed by atoms with E-state index < -0.39 is 23.6 Å². The Kier molecular flexibility index (Phi) is 4.39. The fraction of sp³-hybridized carbons (Fsp3) is 0.385. The summed E-state index contributed by atoms with van der Waals surface area (Å²) in [7, 11) is 0. The van der Waals surface area contributed by atoms with Crippen LogP contribution in [0.15, 0.2) is 18.5 Å². The fourth-order valence-electron chi connectivity index (χ4n) is 1.90. The van der Waals surface area contributed by atoms with Gasteiger partial charge in [0, 0.05) is 13.0 Å². The van der Waals surface area contributed by atoms with E-state index in [1.807, 2.05) is 6.92 Å². The van der Waals surface area contributed by atoms with E-state index in [1.54, 1.807) is 4.68 Å². The number of aliphatic hydroxyl groups is 1. The zero-order valence-corrected chi connectivity index (χ0v) is 10.9. The summed E-state index contributed by atoms with van der Waals surface area (Å²) in [5.74, 6) is -3.69. The van der Waals surface area contributed by atoms with Crippen LogP contribution in [0.25, 0.3) is 0 Å². The highest BCUT2D eigenvalue weighted by atomic mass is 19.2. The number of halogens is 3. The minimum atomic E-state index is -1.55. The molecule has 0 spiro atoms. The van der Waals surface area contributed by atoms with Crippen LogP contribution in [0.5, 0.6) is 0 Å². The first-order valence-electron chi connectivity index (χ1n) is 6.22. The molecule has 2 rings (SSSR count). The lowest BCUT2D eigenvalue weighted by molar-refractivity contribution is 0.172. The van der Waals surface area contributed by atoms with Crippen molar-refractivity contribution in [3.8, 4) is 0 Å². The predicted octanol–water partition coefficient (Wildman–Crippen LogP) is 2.38. The summed E-state index contributed by atoms with van der Waals surface area (Å²) in [5, 5.41) is 14.0. The zero-order chi connectivity index (χ0) is 14.7. The molecular formula is C13H14F3N3O. The van der Waals surface area contributed by atoms with Crippen molar-refractivity contribution in [1.29, 1.82) is 0 Å². The molecule has 0 saturated carbocycles. The fourth-order valence-corrected chi connectivity index (χ4v) is 1.90. The Morgan fingerprint density at radius 2 is 1.90 bits per heavy atom. The quantitative estimate of drug-likeness (QED) is 0.858. The molecule has 0 bridgehead atoms. The van der Waals surface area contributed by atoms with Gasteiger partial charge in [-0.25, -0.2) is 18.2 Å². The van der Waals surface area contributed by atoms with Gasteiger partial charge in [0.15, 0.2) is 17.5 Å². The van der Waals surface area contributed by atoms with Crippen molar-refractivity contribution >= 4 is 0 Å². The summed E-state index contributed by atoms with van der Waals surface area (Å²) in [4.78, 5) is 3.99. The van der Waals surface area contributed by atoms with E-state index >= 15 is 0 Å². The molecule has 0 saturated heterocycles. The highest BCUT2D eigenvalue weighted by Gasteiger charge is 2.18. The summed E-state index contributed by atoms with van der Waals surface area (Å²) >= 11 is 0. The summed E-state index contributed by atoms with van der Waals surface area (Å²) in [6.07, 6.45) is 1.06. The minimum Gasteiger partial charge on any atom is -0.388 e. The van der Waals surface area contributed by atoms with Crippen molar-refractivity contribution in [1.82, 2.24) is 14.8 Å². The molecule has 7 heteroatoms. The zero-order valence-electron chi connectivity index (χ0n) is 10.9. The van der Waals surface area contributed by atoms with Gasteiger partial charge in [0.05, 0.1) is 6.10 Å². The van der Waals surface area contributed by atoms with E-state index in [0.29, 0.717) is 12.4 Å². The molecule has 1 unspecified atom stereocenters. The second-order valence-electron chi connectivity index (χ2n) is 4.42. The number of aryl methyl sites for hydroxylation is 1. The SMILES string of the molecule is CCCn1ncnc1CC(O)c1cc(F)c(F)c(F)c1. The largest absolute Gasteiger partial charge is 0.388 e. The normalized spacial score (nSPS) is 12.7. The van der Waals surface area contributed by atoms with Crippen molar-refractivity contribution in [2.24, 2.45) is 0 Å². The molecule has 1 atom stereocenters. The molecule has 2 aromatic rings. The third-order valence-electron chi connectivity index (χ3n) is 2.90. The van der Waals surface area contributed by atoms with E-state index in [0.717, 1.165) is 18.6 Å². The van der Waals surface area contributed by atoms with Crippen LogP contribution in [0.4, 0.5) is 13.2 Å². The van der Waals surface area contributed by atoms with Crippen molar-refractivity contribution in [3.63, 3.8) is 0 Å². The van der Waals surface area contributed by atoms with Gasteiger partial charge >= 0.3 is 0 Å². The lowest BCUT2D eigenvalue weighted by Crippen LogP contribution is -2.11. The molecule has 0 aliphatic carbocycles. The van der Waals surface area contributed by atoms with Gasteiger partial charge in [-0.2, -0.15) is 5.10 Å². The second kappa shape index (κ2) is 6.04. The number of aliphatic hydroxyl groups excluding tert-OH is 1. The highest BCUT2D eigenvalue weighted by molar-refractivity contribution is 5.22. The van der Waals surface area contributed by atoms with Crippen molar-refractivity contribution in [2.45, 2.75) is 32.4 Å². The van der Waals surface area contributed by atoms with Gasteiger partial charge in [0.25, 0.3) is 0 Å². The molecular weight excluding hydrogens is 271 g/mol. The van der Waals surface area contributed by atoms with Crippen LogP contribution in [0.1, 0.15) is 30.8 Å². The van der Waals surface area contributed by atoms with Crippen LogP contribution in [0.3, 0.4) is 0 Å². The van der Waals surface area contributed by atoms with Gasteiger partial charge in [-0.15, -0.1) is 0 Å². The van der Waals surface area contributed by atoms with E-state index in [9.17, 15) is 18.3 Å². The number of hydrogen-bond donors (Lipinski definition) is 1. The van der Waals surface area contributed by atoms with Gasteiger partial charge in [0.1, 0.15) is 12.2 Å². The summed E-state index contributed by atoms with van der Waals surface area (Å²) < 4.78 is 40.7. The number of hydrogen-bond acceptors (Lipinski definition) is 3. The molecule has 0 aliphatic rings. The molecule has 0 radical (unpaired) electrons. The Morgan fingerprint density at radius 3 is 2.50 bits per heavy atom.